The van der Waals surface area contributed by atoms with E-state index >= 15 is 0 Å². The van der Waals surface area contributed by atoms with Crippen molar-refractivity contribution >= 4 is 33.6 Å². The maximum absolute atomic E-state index is 13.3. The minimum absolute atomic E-state index is 0.135. The number of benzene rings is 4. The van der Waals surface area contributed by atoms with Crippen molar-refractivity contribution in [2.75, 3.05) is 14.2 Å². The van der Waals surface area contributed by atoms with Crippen LogP contribution in [0, 0.1) is 0 Å². The van der Waals surface area contributed by atoms with Crippen LogP contribution in [0.1, 0.15) is 20.7 Å². The molecule has 0 unspecified atom stereocenters. The van der Waals surface area contributed by atoms with Crippen LogP contribution >= 0.6 is 0 Å². The topological polar surface area (TPSA) is 62.5 Å². The molecule has 38 heavy (non-hydrogen) atoms. The van der Waals surface area contributed by atoms with E-state index in [0.717, 1.165) is 32.9 Å². The SMILES string of the molecule is COc1cccc(C(=O)n2ccc3ccc(-c4ccc5ccn(C(=O)c6cccc(OC)c6)c5c4)cc32)c1. The minimum Gasteiger partial charge on any atom is -0.497 e. The Kier molecular flexibility index (Phi) is 5.77. The highest BCUT2D eigenvalue weighted by atomic mass is 16.5. The molecule has 0 radical (unpaired) electrons. The number of hydrogen-bond acceptors (Lipinski definition) is 4. The first-order valence-corrected chi connectivity index (χ1v) is 12.2. The second kappa shape index (κ2) is 9.41. The van der Waals surface area contributed by atoms with Gasteiger partial charge >= 0.3 is 0 Å². The number of rotatable bonds is 5. The molecule has 0 N–H and O–H groups in total. The Hall–Kier alpha value is -5.10. The number of carbonyl (C=O) groups is 2. The van der Waals surface area contributed by atoms with Gasteiger partial charge in [-0.25, -0.2) is 0 Å². The molecule has 0 spiro atoms. The lowest BCUT2D eigenvalue weighted by Crippen LogP contribution is -2.11. The summed E-state index contributed by atoms with van der Waals surface area (Å²) in [6, 6.07) is 30.2. The lowest BCUT2D eigenvalue weighted by Gasteiger charge is -2.09. The number of methoxy groups -OCH3 is 2. The van der Waals surface area contributed by atoms with Crippen LogP contribution in [0.15, 0.2) is 109 Å². The molecule has 0 atom stereocenters. The van der Waals surface area contributed by atoms with Crippen molar-refractivity contribution in [1.82, 2.24) is 9.13 Å². The van der Waals surface area contributed by atoms with E-state index in [2.05, 4.69) is 0 Å². The van der Waals surface area contributed by atoms with Gasteiger partial charge in [-0.2, -0.15) is 0 Å². The molecule has 6 nitrogen and oxygen atoms in total. The van der Waals surface area contributed by atoms with Crippen molar-refractivity contribution in [3.63, 3.8) is 0 Å². The zero-order valence-electron chi connectivity index (χ0n) is 20.9. The van der Waals surface area contributed by atoms with E-state index in [4.69, 9.17) is 9.47 Å². The van der Waals surface area contributed by atoms with Gasteiger partial charge < -0.3 is 9.47 Å². The number of nitrogens with zero attached hydrogens (tertiary/aromatic N) is 2. The molecule has 0 aliphatic carbocycles. The molecule has 0 saturated carbocycles. The molecule has 0 aliphatic heterocycles. The first-order valence-electron chi connectivity index (χ1n) is 12.2. The van der Waals surface area contributed by atoms with E-state index in [1.165, 1.54) is 0 Å². The van der Waals surface area contributed by atoms with Crippen molar-refractivity contribution in [2.24, 2.45) is 0 Å². The molecule has 6 aromatic rings. The van der Waals surface area contributed by atoms with Crippen molar-refractivity contribution in [3.8, 4) is 22.6 Å². The first-order chi connectivity index (χ1) is 18.6. The zero-order valence-corrected chi connectivity index (χ0v) is 20.9. The average molecular weight is 501 g/mol. The minimum atomic E-state index is -0.135. The molecule has 0 fully saturated rings. The molecule has 2 heterocycles. The Morgan fingerprint density at radius 1 is 0.553 bits per heavy atom. The number of fused-ring (bicyclic) bond motifs is 2. The standard InChI is InChI=1S/C32H24N2O4/c1-37-27-7-3-5-25(17-27)31(35)33-15-13-21-9-11-23(19-29(21)33)24-12-10-22-14-16-34(30(22)20-24)32(36)26-6-4-8-28(18-26)38-2/h3-20H,1-2H3. The fraction of sp³-hybridized carbons (Fsp3) is 0.0625. The second-order valence-electron chi connectivity index (χ2n) is 8.99. The van der Waals surface area contributed by atoms with Gasteiger partial charge in [0.15, 0.2) is 0 Å². The smallest absolute Gasteiger partial charge is 0.262 e. The third-order valence-electron chi connectivity index (χ3n) is 6.79. The van der Waals surface area contributed by atoms with Crippen LogP contribution in [0.25, 0.3) is 32.9 Å². The van der Waals surface area contributed by atoms with Gasteiger partial charge in [-0.15, -0.1) is 0 Å². The summed E-state index contributed by atoms with van der Waals surface area (Å²) in [4.78, 5) is 26.7. The maximum atomic E-state index is 13.3. The zero-order chi connectivity index (χ0) is 26.2. The van der Waals surface area contributed by atoms with E-state index in [0.29, 0.717) is 22.6 Å². The lowest BCUT2D eigenvalue weighted by molar-refractivity contribution is 0.0956. The summed E-state index contributed by atoms with van der Waals surface area (Å²) in [7, 11) is 3.16. The van der Waals surface area contributed by atoms with Crippen LogP contribution in [0.3, 0.4) is 0 Å². The summed E-state index contributed by atoms with van der Waals surface area (Å²) in [6.07, 6.45) is 3.58. The van der Waals surface area contributed by atoms with Crippen molar-refractivity contribution in [3.05, 3.63) is 121 Å². The fourth-order valence-electron chi connectivity index (χ4n) is 4.76. The summed E-state index contributed by atoms with van der Waals surface area (Å²) >= 11 is 0. The van der Waals surface area contributed by atoms with E-state index in [1.807, 2.05) is 60.7 Å². The van der Waals surface area contributed by atoms with Crippen molar-refractivity contribution in [1.29, 1.82) is 0 Å². The normalized spacial score (nSPS) is 11.1. The van der Waals surface area contributed by atoms with E-state index in [9.17, 15) is 9.59 Å². The van der Waals surface area contributed by atoms with Crippen LogP contribution in [0.2, 0.25) is 0 Å². The Balaban J connectivity index is 1.40. The molecule has 4 aromatic carbocycles. The van der Waals surface area contributed by atoms with Gasteiger partial charge in [-0.05, 0) is 71.8 Å². The van der Waals surface area contributed by atoms with E-state index in [1.54, 1.807) is 72.1 Å². The molecule has 186 valence electrons. The largest absolute Gasteiger partial charge is 0.497 e. The van der Waals surface area contributed by atoms with Gasteiger partial charge in [0.1, 0.15) is 11.5 Å². The molecular weight excluding hydrogens is 476 g/mol. The van der Waals surface area contributed by atoms with E-state index in [-0.39, 0.29) is 11.8 Å². The summed E-state index contributed by atoms with van der Waals surface area (Å²) in [5.41, 5.74) is 4.58. The van der Waals surface area contributed by atoms with Crippen LogP contribution < -0.4 is 9.47 Å². The summed E-state index contributed by atoms with van der Waals surface area (Å²) in [6.45, 7) is 0. The maximum Gasteiger partial charge on any atom is 0.262 e. The van der Waals surface area contributed by atoms with Crippen molar-refractivity contribution < 1.29 is 19.1 Å². The molecule has 0 amide bonds. The van der Waals surface area contributed by atoms with Gasteiger partial charge in [0.2, 0.25) is 0 Å². The number of aromatic nitrogens is 2. The van der Waals surface area contributed by atoms with Gasteiger partial charge in [-0.1, -0.05) is 36.4 Å². The third kappa shape index (κ3) is 4.02. The second-order valence-corrected chi connectivity index (χ2v) is 8.99. The van der Waals surface area contributed by atoms with Gasteiger partial charge in [0.25, 0.3) is 11.8 Å². The van der Waals surface area contributed by atoms with Gasteiger partial charge in [0.05, 0.1) is 25.3 Å². The molecule has 0 bridgehead atoms. The molecule has 0 saturated heterocycles. The predicted molar refractivity (Wildman–Crippen MR) is 148 cm³/mol. The summed E-state index contributed by atoms with van der Waals surface area (Å²) in [5, 5.41) is 1.92. The van der Waals surface area contributed by atoms with Crippen LogP contribution in [-0.4, -0.2) is 35.2 Å². The van der Waals surface area contributed by atoms with Gasteiger partial charge in [0, 0.05) is 34.3 Å². The number of ether oxygens (including phenoxy) is 2. The Labute approximate surface area is 219 Å². The lowest BCUT2D eigenvalue weighted by atomic mass is 10.0. The number of hydrogen-bond donors (Lipinski definition) is 0. The third-order valence-corrected chi connectivity index (χ3v) is 6.79. The summed E-state index contributed by atoms with van der Waals surface area (Å²) in [5.74, 6) is 0.995. The Morgan fingerprint density at radius 2 is 1.00 bits per heavy atom. The number of carbonyl (C=O) groups excluding carboxylic acids is 2. The van der Waals surface area contributed by atoms with Crippen LogP contribution in [-0.2, 0) is 0 Å². The predicted octanol–water partition coefficient (Wildman–Crippen LogP) is 6.66. The average Bonchev–Trinajstić information content (AvgIpc) is 3.60. The molecule has 2 aromatic heterocycles. The van der Waals surface area contributed by atoms with Crippen LogP contribution in [0.4, 0.5) is 0 Å². The highest BCUT2D eigenvalue weighted by Gasteiger charge is 2.15. The first kappa shape index (κ1) is 23.3. The summed E-state index contributed by atoms with van der Waals surface area (Å²) < 4.78 is 13.9. The van der Waals surface area contributed by atoms with Crippen LogP contribution in [0.5, 0.6) is 11.5 Å². The highest BCUT2D eigenvalue weighted by Crippen LogP contribution is 2.30. The monoisotopic (exact) mass is 500 g/mol. The van der Waals surface area contributed by atoms with Gasteiger partial charge in [-0.3, -0.25) is 18.7 Å². The molecular formula is C32H24N2O4. The molecule has 6 heteroatoms. The van der Waals surface area contributed by atoms with Crippen molar-refractivity contribution in [2.45, 2.75) is 0 Å². The van der Waals surface area contributed by atoms with E-state index < -0.39 is 0 Å². The molecule has 6 rings (SSSR count). The highest BCUT2D eigenvalue weighted by molar-refractivity contribution is 6.04. The molecule has 0 aliphatic rings. The Bertz CT molecular complexity index is 1710. The quantitative estimate of drug-likeness (QED) is 0.266. The Morgan fingerprint density at radius 3 is 1.42 bits per heavy atom. The fourth-order valence-corrected chi connectivity index (χ4v) is 4.76.